The topological polar surface area (TPSA) is 0 Å². The van der Waals surface area contributed by atoms with E-state index in [2.05, 4.69) is 72.8 Å². The van der Waals surface area contributed by atoms with E-state index in [1.807, 2.05) is 0 Å². The van der Waals surface area contributed by atoms with Gasteiger partial charge in [-0.2, -0.15) is 0 Å². The van der Waals surface area contributed by atoms with Crippen molar-refractivity contribution in [2.45, 2.75) is 107 Å². The van der Waals surface area contributed by atoms with Gasteiger partial charge in [0.25, 0.3) is 0 Å². The monoisotopic (exact) mass is 660 g/mol. The van der Waals surface area contributed by atoms with E-state index in [1.165, 1.54) is 118 Å². The van der Waals surface area contributed by atoms with E-state index in [1.54, 1.807) is 38.6 Å². The number of halogens is 2. The molecule has 5 saturated carbocycles. The first kappa shape index (κ1) is 31.4. The fourth-order valence-corrected chi connectivity index (χ4v) is 10.2. The van der Waals surface area contributed by atoms with E-state index in [4.69, 9.17) is 0 Å². The zero-order valence-electron chi connectivity index (χ0n) is 24.4. The molecule has 5 fully saturated rings. The molecule has 4 bridgehead atoms. The van der Waals surface area contributed by atoms with Crippen molar-refractivity contribution in [1.29, 1.82) is 0 Å². The third kappa shape index (κ3) is 6.17. The molecular formula is C38H44Cl2Zr-2. The number of hydrogen-bond acceptors (Lipinski definition) is 0. The van der Waals surface area contributed by atoms with E-state index in [-0.39, 0.29) is 24.8 Å². The van der Waals surface area contributed by atoms with Crippen molar-refractivity contribution in [2.75, 3.05) is 0 Å². The van der Waals surface area contributed by atoms with Crippen LogP contribution in [0.5, 0.6) is 0 Å². The summed E-state index contributed by atoms with van der Waals surface area (Å²) in [7, 11) is 0. The molecule has 0 radical (unpaired) electrons. The molecule has 9 rings (SSSR count). The molecule has 0 atom stereocenters. The summed E-state index contributed by atoms with van der Waals surface area (Å²) in [6.45, 7) is 0. The zero-order valence-corrected chi connectivity index (χ0v) is 28.4. The first-order valence-electron chi connectivity index (χ1n) is 16.0. The van der Waals surface area contributed by atoms with Crippen molar-refractivity contribution in [2.24, 2.45) is 11.8 Å². The fraction of sp³-hybridized carbons (Fsp3) is 0.500. The van der Waals surface area contributed by atoms with Crippen LogP contribution < -0.4 is 24.8 Å². The van der Waals surface area contributed by atoms with Crippen LogP contribution in [0.15, 0.2) is 72.8 Å². The summed E-state index contributed by atoms with van der Waals surface area (Å²) in [6, 6.07) is 27.2. The summed E-state index contributed by atoms with van der Waals surface area (Å²) in [5.41, 5.74) is 4.44. The predicted octanol–water partition coefficient (Wildman–Crippen LogP) is 4.46. The molecule has 0 nitrogen and oxygen atoms in total. The van der Waals surface area contributed by atoms with Gasteiger partial charge in [0, 0.05) is 0 Å². The molecule has 41 heavy (non-hydrogen) atoms. The summed E-state index contributed by atoms with van der Waals surface area (Å²) in [5.74, 6) is 2.07. The Morgan fingerprint density at radius 3 is 1.34 bits per heavy atom. The van der Waals surface area contributed by atoms with Gasteiger partial charge in [-0.15, -0.1) is 93.3 Å². The quantitative estimate of drug-likeness (QED) is 0.279. The molecule has 0 unspecified atom stereocenters. The molecule has 0 aliphatic heterocycles. The van der Waals surface area contributed by atoms with Gasteiger partial charge in [0.05, 0.1) is 0 Å². The standard InChI is InChI=1S/2C16H17.C6H10.2ClH.Zr/c2*1-2-4-14-13(3-1)5-6-15(14)16-9-7-12(11-16)8-10-16;1-2-4-6-5-3-1;;;/h2*1-6,12H,7-11H2;1-5H2;2*1H;/q2*-1;;;;+2/p-2. The Bertz CT molecular complexity index is 1330. The SMILES string of the molecule is [Cl-].[Cl-].[Zr+2]=[C]1CCCCC1.c1ccc2c(C34CCC(CC3)C4)c[cH-]c2c1.c1ccc2c(C34CCC(CC3)C4)c[cH-]c2c1. The predicted molar refractivity (Wildman–Crippen MR) is 164 cm³/mol. The van der Waals surface area contributed by atoms with Crippen molar-refractivity contribution in [3.63, 3.8) is 0 Å². The Balaban J connectivity index is 0.000000129. The first-order valence-corrected chi connectivity index (χ1v) is 17.2. The van der Waals surface area contributed by atoms with Crippen molar-refractivity contribution < 1.29 is 49.0 Å². The minimum atomic E-state index is 0. The Morgan fingerprint density at radius 1 is 0.585 bits per heavy atom. The third-order valence-corrected chi connectivity index (χ3v) is 12.7. The second-order valence-electron chi connectivity index (χ2n) is 13.7. The van der Waals surface area contributed by atoms with Crippen LogP contribution in [-0.4, -0.2) is 3.21 Å². The Kier molecular flexibility index (Phi) is 10.2. The largest absolute Gasteiger partial charge is 0.150 e. The second-order valence-corrected chi connectivity index (χ2v) is 15.4. The summed E-state index contributed by atoms with van der Waals surface area (Å²) >= 11 is 1.69. The van der Waals surface area contributed by atoms with E-state index in [0.717, 1.165) is 11.8 Å². The summed E-state index contributed by atoms with van der Waals surface area (Å²) in [4.78, 5) is 0. The number of hydrogen-bond donors (Lipinski definition) is 0. The van der Waals surface area contributed by atoms with Crippen LogP contribution in [0.4, 0.5) is 0 Å². The van der Waals surface area contributed by atoms with Gasteiger partial charge in [0.1, 0.15) is 0 Å². The Hall–Kier alpha value is -1.01. The normalized spacial score (nSPS) is 29.4. The number of benzene rings is 2. The van der Waals surface area contributed by atoms with Crippen molar-refractivity contribution >= 4 is 24.8 Å². The summed E-state index contributed by atoms with van der Waals surface area (Å²) < 4.78 is 1.80. The maximum absolute atomic E-state index is 2.40. The maximum atomic E-state index is 2.40. The van der Waals surface area contributed by atoms with Crippen molar-refractivity contribution in [3.05, 3.63) is 83.9 Å². The van der Waals surface area contributed by atoms with E-state index in [0.29, 0.717) is 10.8 Å². The molecular weight excluding hydrogens is 619 g/mol. The molecule has 4 aromatic carbocycles. The van der Waals surface area contributed by atoms with Gasteiger partial charge in [0.15, 0.2) is 0 Å². The molecule has 5 aliphatic rings. The van der Waals surface area contributed by atoms with Gasteiger partial charge >= 0.3 is 59.5 Å². The van der Waals surface area contributed by atoms with Crippen LogP contribution in [0.3, 0.4) is 0 Å². The zero-order chi connectivity index (χ0) is 26.3. The molecule has 0 amide bonds. The van der Waals surface area contributed by atoms with Crippen LogP contribution in [0, 0.1) is 11.8 Å². The van der Waals surface area contributed by atoms with Crippen LogP contribution in [0.2, 0.25) is 0 Å². The van der Waals surface area contributed by atoms with Gasteiger partial charge < -0.3 is 24.8 Å². The number of rotatable bonds is 2. The molecule has 0 heterocycles. The van der Waals surface area contributed by atoms with E-state index >= 15 is 0 Å². The molecule has 5 aliphatic carbocycles. The van der Waals surface area contributed by atoms with Crippen LogP contribution in [-0.2, 0) is 35.1 Å². The molecule has 0 aromatic heterocycles. The summed E-state index contributed by atoms with van der Waals surface area (Å²) in [6.07, 6.45) is 21.9. The second kappa shape index (κ2) is 13.3. The van der Waals surface area contributed by atoms with Crippen molar-refractivity contribution in [1.82, 2.24) is 0 Å². The van der Waals surface area contributed by atoms with Crippen LogP contribution in [0.25, 0.3) is 21.5 Å². The Labute approximate surface area is 274 Å². The molecule has 3 heteroatoms. The minimum absolute atomic E-state index is 0. The molecule has 0 N–H and O–H groups in total. The average Bonchev–Trinajstić information content (AvgIpc) is 3.83. The Morgan fingerprint density at radius 2 is 1.00 bits per heavy atom. The molecule has 0 saturated heterocycles. The van der Waals surface area contributed by atoms with Crippen LogP contribution in [0.1, 0.15) is 107 Å². The molecule has 0 spiro atoms. The van der Waals surface area contributed by atoms with Crippen LogP contribution >= 0.6 is 0 Å². The van der Waals surface area contributed by atoms with Gasteiger partial charge in [-0.25, -0.2) is 0 Å². The number of fused-ring (bicyclic) bond motifs is 6. The first-order chi connectivity index (χ1) is 19.1. The fourth-order valence-electron chi connectivity index (χ4n) is 9.35. The molecule has 216 valence electrons. The van der Waals surface area contributed by atoms with Gasteiger partial charge in [-0.1, -0.05) is 63.5 Å². The van der Waals surface area contributed by atoms with Gasteiger partial charge in [-0.05, 0) is 35.5 Å². The smallest absolute Gasteiger partial charge is 0.0414 e. The third-order valence-electron chi connectivity index (χ3n) is 11.4. The minimum Gasteiger partial charge on any atom is -0.150 e. The maximum Gasteiger partial charge on any atom is -0.0414 e. The van der Waals surface area contributed by atoms with E-state index in [9.17, 15) is 0 Å². The molecule has 4 aromatic rings. The van der Waals surface area contributed by atoms with Crippen molar-refractivity contribution in [3.8, 4) is 0 Å². The van der Waals surface area contributed by atoms with E-state index < -0.39 is 0 Å². The van der Waals surface area contributed by atoms with Gasteiger partial charge in [-0.3, -0.25) is 0 Å². The summed E-state index contributed by atoms with van der Waals surface area (Å²) in [5, 5.41) is 5.90. The average molecular weight is 663 g/mol. The van der Waals surface area contributed by atoms with Gasteiger partial charge in [0.2, 0.25) is 0 Å².